The van der Waals surface area contributed by atoms with Crippen molar-refractivity contribution < 1.29 is 11.0 Å². The Kier molecular flexibility index (Phi) is 7.66. The average molecular weight is 834 g/mol. The lowest BCUT2D eigenvalue weighted by Crippen LogP contribution is -2.09. The van der Waals surface area contributed by atoms with E-state index in [1.807, 2.05) is 133 Å². The number of nitrogens with zero attached hydrogens (tertiary/aromatic N) is 1. The molecule has 0 heterocycles. The van der Waals surface area contributed by atoms with Gasteiger partial charge in [0.15, 0.2) is 0 Å². The minimum Gasteiger partial charge on any atom is -0.311 e. The lowest BCUT2D eigenvalue weighted by atomic mass is 9.90. The molecule has 0 fully saturated rings. The van der Waals surface area contributed by atoms with Crippen LogP contribution in [0.1, 0.15) is 11.0 Å². The molecule has 0 N–H and O–H groups in total. The molecule has 0 saturated carbocycles. The Morgan fingerprint density at radius 3 is 1.46 bits per heavy atom. The van der Waals surface area contributed by atoms with E-state index in [0.29, 0.717) is 16.8 Å². The fourth-order valence-electron chi connectivity index (χ4n) is 9.17. The maximum absolute atomic E-state index is 9.82. The van der Waals surface area contributed by atoms with Gasteiger partial charge in [-0.1, -0.05) is 218 Å². The number of benzene rings is 12. The van der Waals surface area contributed by atoms with E-state index in [1.165, 1.54) is 4.90 Å². The summed E-state index contributed by atoms with van der Waals surface area (Å²) in [5, 5.41) is 8.54. The molecule has 12 aromatic rings. The van der Waals surface area contributed by atoms with Crippen LogP contribution in [-0.2, 0) is 0 Å². The first-order valence-corrected chi connectivity index (χ1v) is 21.8. The number of hydrogen-bond donors (Lipinski definition) is 0. The van der Waals surface area contributed by atoms with Gasteiger partial charge in [0, 0.05) is 17.1 Å². The van der Waals surface area contributed by atoms with E-state index in [2.05, 4.69) is 66.7 Å². The Balaban J connectivity index is 1.03. The largest absolute Gasteiger partial charge is 0.311 e. The highest BCUT2D eigenvalue weighted by Gasteiger charge is 2.17. The van der Waals surface area contributed by atoms with Gasteiger partial charge in [-0.3, -0.25) is 0 Å². The van der Waals surface area contributed by atoms with Crippen LogP contribution in [0.15, 0.2) is 261 Å². The molecule has 0 saturated heterocycles. The van der Waals surface area contributed by atoms with Gasteiger partial charge in [-0.05, 0) is 141 Å². The first-order valence-electron chi connectivity index (χ1n) is 25.8. The van der Waals surface area contributed by atoms with Gasteiger partial charge in [0.25, 0.3) is 0 Å². The van der Waals surface area contributed by atoms with Crippen LogP contribution in [0.3, 0.4) is 0 Å². The van der Waals surface area contributed by atoms with E-state index in [4.69, 9.17) is 0 Å². The van der Waals surface area contributed by atoms with Crippen molar-refractivity contribution in [2.75, 3.05) is 4.90 Å². The van der Waals surface area contributed by atoms with Gasteiger partial charge in [-0.25, -0.2) is 0 Å². The monoisotopic (exact) mass is 833 g/mol. The maximum Gasteiger partial charge on any atom is 0.0645 e. The van der Waals surface area contributed by atoms with Crippen LogP contribution in [0.4, 0.5) is 17.1 Å². The first kappa shape index (κ1) is 30.5. The van der Waals surface area contributed by atoms with Crippen LogP contribution in [0.5, 0.6) is 0 Å². The summed E-state index contributed by atoms with van der Waals surface area (Å²) in [4.78, 5) is 1.37. The standard InChI is InChI=1S/C64H43N/c1-2-14-52(15-3-1)64-62-19-9-6-13-49(62)33-42-63(64)51-31-39-57(40-32-51)65(56-37-29-46(30-38-56)53-34-41-61-54(43-53)26-25-48-12-5-8-18-59(48)61)55-35-27-45(28-36-55)44-21-23-50(24-22-44)60-20-10-16-47-11-4-7-17-58(47)60/h1-43H/i27D,28D,31D,32D,35D,36D,39D,40D. The summed E-state index contributed by atoms with van der Waals surface area (Å²) in [5.41, 5.74) is 6.51. The van der Waals surface area contributed by atoms with Gasteiger partial charge in [-0.15, -0.1) is 0 Å². The zero-order chi connectivity index (χ0) is 50.1. The van der Waals surface area contributed by atoms with Gasteiger partial charge >= 0.3 is 0 Å². The van der Waals surface area contributed by atoms with Crippen LogP contribution < -0.4 is 4.90 Å². The van der Waals surface area contributed by atoms with Crippen molar-refractivity contribution in [1.82, 2.24) is 0 Å². The minimum atomic E-state index is -0.404. The Morgan fingerprint density at radius 1 is 0.246 bits per heavy atom. The van der Waals surface area contributed by atoms with Gasteiger partial charge in [0.05, 0.1) is 11.0 Å². The molecule has 0 aliphatic rings. The summed E-state index contributed by atoms with van der Waals surface area (Å²) in [5.74, 6) is 0. The Labute approximate surface area is 391 Å². The SMILES string of the molecule is [2H]c1c([2H])c(N(c2ccc(-c3ccc4c(ccc5ccccc54)c3)cc2)c2c([2H])c([2H])c(-c3ccc4ccccc4c3-c3ccccc3)c([2H])c2[2H])c([2H])c([2H])c1-c1ccc(-c2cccc3ccccc23)cc1. The quantitative estimate of drug-likeness (QED) is 0.138. The van der Waals surface area contributed by atoms with Crippen molar-refractivity contribution in [2.24, 2.45) is 0 Å². The average Bonchev–Trinajstić information content (AvgIpc) is 3.44. The molecular formula is C64H43N. The van der Waals surface area contributed by atoms with E-state index in [0.717, 1.165) is 76.5 Å². The summed E-state index contributed by atoms with van der Waals surface area (Å²) < 4.78 is 77.6. The highest BCUT2D eigenvalue weighted by molar-refractivity contribution is 6.08. The number of anilines is 3. The Bertz CT molecular complexity index is 4110. The van der Waals surface area contributed by atoms with Crippen LogP contribution in [0.25, 0.3) is 98.7 Å². The van der Waals surface area contributed by atoms with Gasteiger partial charge in [0.2, 0.25) is 0 Å². The van der Waals surface area contributed by atoms with Crippen molar-refractivity contribution in [3.8, 4) is 55.6 Å². The lowest BCUT2D eigenvalue weighted by molar-refractivity contribution is 1.28. The highest BCUT2D eigenvalue weighted by atomic mass is 15.1. The van der Waals surface area contributed by atoms with E-state index in [1.54, 1.807) is 12.1 Å². The molecule has 0 atom stereocenters. The molecule has 12 rings (SSSR count). The fraction of sp³-hybridized carbons (Fsp3) is 0. The second-order valence-electron chi connectivity index (χ2n) is 16.2. The number of fused-ring (bicyclic) bond motifs is 5. The third-order valence-corrected chi connectivity index (χ3v) is 12.4. The van der Waals surface area contributed by atoms with Crippen LogP contribution in [-0.4, -0.2) is 0 Å². The van der Waals surface area contributed by atoms with Crippen LogP contribution in [0.2, 0.25) is 0 Å². The second-order valence-corrected chi connectivity index (χ2v) is 16.2. The number of hydrogen-bond acceptors (Lipinski definition) is 1. The first-order chi connectivity index (χ1) is 35.6. The lowest BCUT2D eigenvalue weighted by Gasteiger charge is -2.26. The molecule has 304 valence electrons. The Hall–Kier alpha value is -8.52. The minimum absolute atomic E-state index is 0.0993. The number of rotatable bonds is 8. The summed E-state index contributed by atoms with van der Waals surface area (Å²) >= 11 is 0. The second kappa shape index (κ2) is 16.3. The molecule has 1 nitrogen and oxygen atoms in total. The molecule has 0 bridgehead atoms. The van der Waals surface area contributed by atoms with Gasteiger partial charge < -0.3 is 4.90 Å². The Morgan fingerprint density at radius 2 is 0.738 bits per heavy atom. The van der Waals surface area contributed by atoms with E-state index in [9.17, 15) is 11.0 Å². The molecule has 0 aromatic heterocycles. The normalized spacial score (nSPS) is 13.1. The topological polar surface area (TPSA) is 3.24 Å². The summed E-state index contributed by atoms with van der Waals surface area (Å²) in [6.45, 7) is 0. The summed E-state index contributed by atoms with van der Waals surface area (Å²) in [6.07, 6.45) is 0. The van der Waals surface area contributed by atoms with Gasteiger partial charge in [0.1, 0.15) is 0 Å². The molecule has 0 radical (unpaired) electrons. The maximum atomic E-state index is 9.82. The smallest absolute Gasteiger partial charge is 0.0645 e. The zero-order valence-electron chi connectivity index (χ0n) is 43.2. The van der Waals surface area contributed by atoms with Crippen LogP contribution >= 0.6 is 0 Å². The molecule has 0 spiro atoms. The molecular weight excluding hydrogens is 783 g/mol. The van der Waals surface area contributed by atoms with Crippen molar-refractivity contribution in [2.45, 2.75) is 0 Å². The molecule has 1 heteroatoms. The summed E-state index contributed by atoms with van der Waals surface area (Å²) in [6, 6.07) is 66.3. The van der Waals surface area contributed by atoms with Crippen LogP contribution in [0, 0.1) is 0 Å². The molecule has 0 aliphatic heterocycles. The predicted molar refractivity (Wildman–Crippen MR) is 278 cm³/mol. The zero-order valence-corrected chi connectivity index (χ0v) is 35.2. The highest BCUT2D eigenvalue weighted by Crippen LogP contribution is 2.42. The molecule has 0 aliphatic carbocycles. The van der Waals surface area contributed by atoms with Crippen molar-refractivity contribution in [1.29, 1.82) is 0 Å². The van der Waals surface area contributed by atoms with Gasteiger partial charge in [-0.2, -0.15) is 0 Å². The third kappa shape index (κ3) is 7.10. The molecule has 0 unspecified atom stereocenters. The van der Waals surface area contributed by atoms with E-state index >= 15 is 0 Å². The molecule has 65 heavy (non-hydrogen) atoms. The van der Waals surface area contributed by atoms with Crippen molar-refractivity contribution >= 4 is 60.2 Å². The third-order valence-electron chi connectivity index (χ3n) is 12.4. The van der Waals surface area contributed by atoms with E-state index < -0.39 is 24.2 Å². The molecule has 12 aromatic carbocycles. The molecule has 0 amide bonds. The fourth-order valence-corrected chi connectivity index (χ4v) is 9.17. The van der Waals surface area contributed by atoms with E-state index in [-0.39, 0.29) is 46.7 Å². The predicted octanol–water partition coefficient (Wildman–Crippen LogP) is 18.1. The van der Waals surface area contributed by atoms with Crippen molar-refractivity contribution in [3.05, 3.63) is 261 Å². The summed E-state index contributed by atoms with van der Waals surface area (Å²) in [7, 11) is 0. The van der Waals surface area contributed by atoms with Crippen molar-refractivity contribution in [3.63, 3.8) is 0 Å².